The number of benzene rings is 1. The van der Waals surface area contributed by atoms with Crippen molar-refractivity contribution in [2.45, 2.75) is 17.0 Å². The van der Waals surface area contributed by atoms with E-state index in [0.717, 1.165) is 11.8 Å². The number of aromatic nitrogens is 2. The molecule has 2 heterocycles. The number of quaternary nitrogens is 1. The fourth-order valence-electron chi connectivity index (χ4n) is 3.18. The van der Waals surface area contributed by atoms with Gasteiger partial charge in [-0.05, 0) is 35.5 Å². The van der Waals surface area contributed by atoms with Crippen molar-refractivity contribution >= 4 is 32.3 Å². The lowest BCUT2D eigenvalue weighted by molar-refractivity contribution is -0.155. The second-order valence-electron chi connectivity index (χ2n) is 7.26. The van der Waals surface area contributed by atoms with Gasteiger partial charge in [-0.1, -0.05) is 29.4 Å². The molecule has 1 aromatic heterocycles. The number of hydrogen-bond donors (Lipinski definition) is 0. The lowest BCUT2D eigenvalue weighted by Crippen LogP contribution is -2.51. The lowest BCUT2D eigenvalue weighted by Gasteiger charge is -2.38. The molecule has 1 saturated heterocycles. The number of rotatable bonds is 10. The molecule has 0 saturated carbocycles. The summed E-state index contributed by atoms with van der Waals surface area (Å²) in [6.45, 7) is 7.39. The minimum absolute atomic E-state index is 0.0905. The van der Waals surface area contributed by atoms with E-state index in [9.17, 15) is 18.4 Å². The van der Waals surface area contributed by atoms with Crippen LogP contribution in [0.25, 0.3) is 0 Å². The monoisotopic (exact) mass is 480 g/mol. The normalized spacial score (nSPS) is 21.2. The number of allylic oxidation sites excluding steroid dienone is 1. The van der Waals surface area contributed by atoms with Crippen LogP contribution in [0.4, 0.5) is 5.13 Å². The van der Waals surface area contributed by atoms with Gasteiger partial charge in [0.15, 0.2) is 6.61 Å². The third-order valence-electron chi connectivity index (χ3n) is 4.62. The summed E-state index contributed by atoms with van der Waals surface area (Å²) in [4.78, 5) is 14.2. The van der Waals surface area contributed by atoms with Crippen molar-refractivity contribution in [1.82, 2.24) is 19.7 Å². The molecule has 1 fully saturated rings. The van der Waals surface area contributed by atoms with E-state index in [0.29, 0.717) is 30.1 Å². The first-order valence-electron chi connectivity index (χ1n) is 9.64. The third kappa shape index (κ3) is 5.58. The van der Waals surface area contributed by atoms with Crippen LogP contribution in [-0.2, 0) is 25.8 Å². The SMILES string of the molecule is C=CCc1cccc(OCC(=O)OC2CN(CC=C)C[N+]2([O-])c2nnc(S(C)(=O)=O)s2)c1. The highest BCUT2D eigenvalue weighted by atomic mass is 32.2. The van der Waals surface area contributed by atoms with E-state index in [1.54, 1.807) is 35.3 Å². The molecule has 0 radical (unpaired) electrons. The molecule has 32 heavy (non-hydrogen) atoms. The van der Waals surface area contributed by atoms with Crippen LogP contribution in [0.1, 0.15) is 5.56 Å². The number of esters is 1. The highest BCUT2D eigenvalue weighted by Gasteiger charge is 2.46. The number of hydroxylamine groups is 2. The van der Waals surface area contributed by atoms with Crippen LogP contribution < -0.4 is 9.38 Å². The van der Waals surface area contributed by atoms with Gasteiger partial charge in [-0.15, -0.1) is 18.3 Å². The van der Waals surface area contributed by atoms with E-state index in [1.807, 2.05) is 6.07 Å². The van der Waals surface area contributed by atoms with Gasteiger partial charge in [0.05, 0.1) is 6.54 Å². The van der Waals surface area contributed by atoms with Crippen LogP contribution in [-0.4, -0.2) is 68.3 Å². The van der Waals surface area contributed by atoms with Gasteiger partial charge in [-0.3, -0.25) is 4.65 Å². The molecule has 1 aliphatic heterocycles. The zero-order valence-corrected chi connectivity index (χ0v) is 19.2. The second-order valence-corrected chi connectivity index (χ2v) is 10.4. The Labute approximate surface area is 190 Å². The molecule has 0 bridgehead atoms. The van der Waals surface area contributed by atoms with Crippen LogP contribution in [0.5, 0.6) is 5.75 Å². The van der Waals surface area contributed by atoms with Crippen molar-refractivity contribution in [3.8, 4) is 5.75 Å². The topological polar surface area (TPSA) is 122 Å². The Kier molecular flexibility index (Phi) is 7.41. The van der Waals surface area contributed by atoms with Gasteiger partial charge in [-0.25, -0.2) is 18.1 Å². The summed E-state index contributed by atoms with van der Waals surface area (Å²) in [6, 6.07) is 7.22. The van der Waals surface area contributed by atoms with Gasteiger partial charge in [0.1, 0.15) is 12.4 Å². The highest BCUT2D eigenvalue weighted by molar-refractivity contribution is 7.92. The van der Waals surface area contributed by atoms with Crippen molar-refractivity contribution in [2.75, 3.05) is 32.6 Å². The average molecular weight is 481 g/mol. The Hall–Kier alpha value is -2.64. The summed E-state index contributed by atoms with van der Waals surface area (Å²) in [5, 5.41) is 20.9. The first-order chi connectivity index (χ1) is 15.2. The van der Waals surface area contributed by atoms with E-state index in [1.165, 1.54) is 0 Å². The molecular formula is C20H24N4O6S2. The largest absolute Gasteiger partial charge is 0.622 e. The van der Waals surface area contributed by atoms with Gasteiger partial charge < -0.3 is 14.7 Å². The molecular weight excluding hydrogens is 456 g/mol. The number of carbonyl (C=O) groups is 1. The molecule has 2 aromatic rings. The second kappa shape index (κ2) is 9.88. The van der Waals surface area contributed by atoms with Crippen molar-refractivity contribution in [3.63, 3.8) is 0 Å². The van der Waals surface area contributed by atoms with Crippen LogP contribution in [0.2, 0.25) is 0 Å². The summed E-state index contributed by atoms with van der Waals surface area (Å²) in [6.07, 6.45) is 3.88. The molecule has 172 valence electrons. The van der Waals surface area contributed by atoms with Crippen molar-refractivity contribution in [3.05, 3.63) is 60.3 Å². The number of nitrogens with zero attached hydrogens (tertiary/aromatic N) is 4. The first kappa shape index (κ1) is 24.0. The predicted octanol–water partition coefficient (Wildman–Crippen LogP) is 1.88. The maximum absolute atomic E-state index is 13.6. The molecule has 10 nitrogen and oxygen atoms in total. The number of carbonyl (C=O) groups excluding carboxylic acids is 1. The van der Waals surface area contributed by atoms with Gasteiger partial charge in [0, 0.05) is 12.8 Å². The first-order valence-corrected chi connectivity index (χ1v) is 12.3. The van der Waals surface area contributed by atoms with Crippen molar-refractivity contribution < 1.29 is 22.7 Å². The fourth-order valence-corrected chi connectivity index (χ4v) is 4.85. The Morgan fingerprint density at radius 2 is 2.16 bits per heavy atom. The average Bonchev–Trinajstić information content (AvgIpc) is 3.34. The number of ether oxygens (including phenoxy) is 2. The van der Waals surface area contributed by atoms with Crippen LogP contribution in [0.3, 0.4) is 0 Å². The van der Waals surface area contributed by atoms with E-state index < -0.39 is 26.7 Å². The summed E-state index contributed by atoms with van der Waals surface area (Å²) in [7, 11) is -3.62. The molecule has 2 unspecified atom stereocenters. The predicted molar refractivity (Wildman–Crippen MR) is 121 cm³/mol. The van der Waals surface area contributed by atoms with Gasteiger partial charge in [0.25, 0.3) is 6.23 Å². The van der Waals surface area contributed by atoms with Crippen LogP contribution >= 0.6 is 11.3 Å². The van der Waals surface area contributed by atoms with Crippen LogP contribution in [0, 0.1) is 5.21 Å². The molecule has 1 aliphatic rings. The summed E-state index contributed by atoms with van der Waals surface area (Å²) >= 11 is 0.670. The van der Waals surface area contributed by atoms with E-state index in [2.05, 4.69) is 23.4 Å². The Balaban J connectivity index is 1.72. The van der Waals surface area contributed by atoms with E-state index in [-0.39, 0.29) is 29.3 Å². The zero-order chi connectivity index (χ0) is 23.4. The number of sulfone groups is 1. The third-order valence-corrected chi connectivity index (χ3v) is 7.32. The molecule has 3 rings (SSSR count). The van der Waals surface area contributed by atoms with Crippen LogP contribution in [0.15, 0.2) is 53.9 Å². The maximum atomic E-state index is 13.6. The highest BCUT2D eigenvalue weighted by Crippen LogP contribution is 2.35. The Morgan fingerprint density at radius 3 is 2.81 bits per heavy atom. The molecule has 1 aromatic carbocycles. The van der Waals surface area contributed by atoms with Crippen molar-refractivity contribution in [2.24, 2.45) is 0 Å². The quantitative estimate of drug-likeness (QED) is 0.217. The minimum atomic E-state index is -3.62. The standard InChI is InChI=1S/C20H24N4O6S2/c1-4-7-15-8-6-9-16(11-15)29-13-18(25)30-17-12-23(10-5-2)14-24(17,26)19-21-22-20(31-19)32(3,27)28/h4-6,8-9,11,17H,1-2,7,10,12-14H2,3H3. The van der Waals surface area contributed by atoms with Gasteiger partial charge in [0.2, 0.25) is 14.2 Å². The van der Waals surface area contributed by atoms with E-state index in [4.69, 9.17) is 9.47 Å². The molecule has 12 heteroatoms. The maximum Gasteiger partial charge on any atom is 0.348 e. The lowest BCUT2D eigenvalue weighted by atomic mass is 10.1. The molecule has 0 amide bonds. The fraction of sp³-hybridized carbons (Fsp3) is 0.350. The van der Waals surface area contributed by atoms with E-state index >= 15 is 0 Å². The summed E-state index contributed by atoms with van der Waals surface area (Å²) in [5.41, 5.74) is 0.981. The molecule has 0 aliphatic carbocycles. The molecule has 0 spiro atoms. The Morgan fingerprint density at radius 1 is 1.38 bits per heavy atom. The number of hydrogen-bond acceptors (Lipinski definition) is 10. The van der Waals surface area contributed by atoms with Crippen molar-refractivity contribution in [1.29, 1.82) is 0 Å². The molecule has 0 N–H and O–H groups in total. The van der Waals surface area contributed by atoms with Gasteiger partial charge in [-0.2, -0.15) is 0 Å². The smallest absolute Gasteiger partial charge is 0.348 e. The summed E-state index contributed by atoms with van der Waals surface area (Å²) < 4.78 is 33.0. The summed E-state index contributed by atoms with van der Waals surface area (Å²) in [5.74, 6) is -0.235. The Bertz CT molecular complexity index is 1100. The van der Waals surface area contributed by atoms with Gasteiger partial charge >= 0.3 is 11.1 Å². The molecule has 2 atom stereocenters. The minimum Gasteiger partial charge on any atom is -0.622 e. The zero-order valence-electron chi connectivity index (χ0n) is 17.5.